The lowest BCUT2D eigenvalue weighted by Crippen LogP contribution is -2.68. The van der Waals surface area contributed by atoms with E-state index in [1.807, 2.05) is 97.7 Å². The van der Waals surface area contributed by atoms with Crippen molar-refractivity contribution in [2.45, 2.75) is 190 Å². The second-order valence-corrected chi connectivity index (χ2v) is 36.0. The lowest BCUT2D eigenvalue weighted by atomic mass is 9.87. The number of nitriles is 3. The largest absolute Gasteiger partial charge is 0.489 e. The van der Waals surface area contributed by atoms with E-state index in [1.165, 1.54) is 43.2 Å². The molecular formula is C93H100ClN21O9. The summed E-state index contributed by atoms with van der Waals surface area (Å²) in [4.78, 5) is 39.7. The summed E-state index contributed by atoms with van der Waals surface area (Å²) in [7, 11) is 0. The SMILES string of the molecule is CC(C)(O)COc1cc(-c2ccc(N3CC4CC(C3)N4)nc2)c2c(C#N)cnn2c1.CC(C)(O)COc1cc(-c2ccc(N3CC4CC(C3)N4Cc3ccc(OC4CC4)nc3)nc2)c2c(C#N)cnn2c1.CC(C)(O)COc1cc(-c2ccc(N3CC4CC(C3)N4Cc3ccc(OC4CC4)nc3)nc2)c2c(C#N)cnn2c1.ClCc1ccc(OC2CC2)nc1. The summed E-state index contributed by atoms with van der Waals surface area (Å²) >= 11 is 5.62. The number of alkyl halides is 1. The third-order valence-corrected chi connectivity index (χ3v) is 23.7. The Hall–Kier alpha value is -12.3. The number of aromatic nitrogens is 12. The van der Waals surface area contributed by atoms with Gasteiger partial charge in [0, 0.05) is 183 Å². The molecule has 12 aromatic rings. The Kier molecular flexibility index (Phi) is 23.2. The van der Waals surface area contributed by atoms with Crippen molar-refractivity contribution in [1.29, 1.82) is 15.8 Å². The van der Waals surface area contributed by atoms with E-state index < -0.39 is 16.8 Å². The molecule has 0 amide bonds. The molecule has 12 aliphatic rings. The summed E-state index contributed by atoms with van der Waals surface area (Å²) in [6.07, 6.45) is 32.7. The topological polar surface area (TPSA) is 345 Å². The molecule has 6 atom stereocenters. The molecule has 0 spiro atoms. The molecule has 9 aliphatic heterocycles. The highest BCUT2D eigenvalue weighted by atomic mass is 35.5. The fraction of sp³-hybridized carbons (Fsp3) is 0.419. The van der Waals surface area contributed by atoms with E-state index in [0.717, 1.165) is 146 Å². The fourth-order valence-electron chi connectivity index (χ4n) is 16.6. The number of ether oxygens (including phenoxy) is 6. The van der Waals surface area contributed by atoms with Crippen LogP contribution in [0.5, 0.6) is 34.9 Å². The molecule has 24 rings (SSSR count). The van der Waals surface area contributed by atoms with Crippen LogP contribution in [-0.2, 0) is 19.0 Å². The average molecular weight is 1690 g/mol. The summed E-state index contributed by atoms with van der Waals surface area (Å²) in [5.41, 5.74) is 9.19. The molecule has 0 aromatic carbocycles. The van der Waals surface area contributed by atoms with Crippen molar-refractivity contribution in [3.05, 3.63) is 199 Å². The Morgan fingerprint density at radius 3 is 0.984 bits per heavy atom. The maximum atomic E-state index is 10.1. The Morgan fingerprint density at radius 2 is 0.718 bits per heavy atom. The zero-order valence-electron chi connectivity index (χ0n) is 70.2. The van der Waals surface area contributed by atoms with E-state index in [2.05, 4.69) is 103 Å². The number of piperazine rings is 3. The second-order valence-electron chi connectivity index (χ2n) is 35.7. The first kappa shape index (κ1) is 82.6. The van der Waals surface area contributed by atoms with Crippen LogP contribution in [0.1, 0.15) is 133 Å². The molecule has 638 valence electrons. The van der Waals surface area contributed by atoms with E-state index in [-0.39, 0.29) is 19.8 Å². The molecule has 6 unspecified atom stereocenters. The molecule has 31 heteroatoms. The van der Waals surface area contributed by atoms with Crippen LogP contribution in [0.3, 0.4) is 0 Å². The zero-order chi connectivity index (χ0) is 85.5. The summed E-state index contributed by atoms with van der Waals surface area (Å²) < 4.78 is 39.5. The van der Waals surface area contributed by atoms with Gasteiger partial charge in [0.2, 0.25) is 17.6 Å². The summed E-state index contributed by atoms with van der Waals surface area (Å²) in [6.45, 7) is 18.1. The van der Waals surface area contributed by atoms with Crippen LogP contribution >= 0.6 is 11.6 Å². The Bertz CT molecular complexity index is 5640. The smallest absolute Gasteiger partial charge is 0.213 e. The van der Waals surface area contributed by atoms with Crippen molar-refractivity contribution in [3.8, 4) is 86.5 Å². The summed E-state index contributed by atoms with van der Waals surface area (Å²) in [6, 6.07) is 39.7. The number of pyridine rings is 9. The van der Waals surface area contributed by atoms with Gasteiger partial charge in [-0.15, -0.1) is 11.6 Å². The van der Waals surface area contributed by atoms with Crippen molar-refractivity contribution in [1.82, 2.24) is 73.9 Å². The van der Waals surface area contributed by atoms with E-state index >= 15 is 0 Å². The van der Waals surface area contributed by atoms with Gasteiger partial charge in [-0.1, -0.05) is 18.2 Å². The maximum Gasteiger partial charge on any atom is 0.213 e. The number of hydrogen-bond acceptors (Lipinski definition) is 27. The zero-order valence-corrected chi connectivity index (χ0v) is 71.0. The van der Waals surface area contributed by atoms with Crippen LogP contribution in [0.4, 0.5) is 17.5 Å². The third-order valence-electron chi connectivity index (χ3n) is 23.4. The maximum absolute atomic E-state index is 10.1. The van der Waals surface area contributed by atoms with Gasteiger partial charge in [-0.3, -0.25) is 9.80 Å². The van der Waals surface area contributed by atoms with Gasteiger partial charge in [0.05, 0.1) is 87.2 Å². The summed E-state index contributed by atoms with van der Waals surface area (Å²) in [5, 5.41) is 75.6. The highest BCUT2D eigenvalue weighted by Crippen LogP contribution is 2.42. The number of nitrogens with zero attached hydrogens (tertiary/aromatic N) is 20. The Balaban J connectivity index is 0.000000120. The number of fused-ring (bicyclic) bond motifs is 9. The molecule has 3 aliphatic carbocycles. The molecule has 12 aromatic heterocycles. The summed E-state index contributed by atoms with van der Waals surface area (Å²) in [5.74, 6) is 7.23. The lowest BCUT2D eigenvalue weighted by molar-refractivity contribution is -0.00879. The Labute approximate surface area is 723 Å². The minimum Gasteiger partial charge on any atom is -0.489 e. The van der Waals surface area contributed by atoms with Gasteiger partial charge >= 0.3 is 0 Å². The predicted octanol–water partition coefficient (Wildman–Crippen LogP) is 12.0. The number of anilines is 3. The van der Waals surface area contributed by atoms with E-state index in [4.69, 9.17) is 55.0 Å². The number of piperidine rings is 3. The monoisotopic (exact) mass is 1690 g/mol. The molecule has 12 fully saturated rings. The number of nitrogens with one attached hydrogen (secondary N) is 1. The second kappa shape index (κ2) is 34.8. The van der Waals surface area contributed by atoms with Crippen LogP contribution in [0.25, 0.3) is 49.9 Å². The first-order valence-corrected chi connectivity index (χ1v) is 43.1. The van der Waals surface area contributed by atoms with Crippen molar-refractivity contribution in [2.24, 2.45) is 0 Å². The number of halogens is 1. The highest BCUT2D eigenvalue weighted by molar-refractivity contribution is 6.17. The number of rotatable bonds is 26. The number of hydrogen-bond donors (Lipinski definition) is 4. The molecule has 3 saturated carbocycles. The first-order valence-electron chi connectivity index (χ1n) is 42.6. The molecule has 4 N–H and O–H groups in total. The average Bonchev–Trinajstić information content (AvgIpc) is 1.43. The van der Waals surface area contributed by atoms with Crippen LogP contribution < -0.4 is 48.4 Å². The fourth-order valence-corrected chi connectivity index (χ4v) is 16.7. The first-order chi connectivity index (χ1) is 59.9. The van der Waals surface area contributed by atoms with Gasteiger partial charge in [-0.05, 0) is 171 Å². The molecular weight excluding hydrogens is 1590 g/mol. The van der Waals surface area contributed by atoms with E-state index in [0.29, 0.717) is 117 Å². The van der Waals surface area contributed by atoms with Gasteiger partial charge in [0.25, 0.3) is 0 Å². The normalized spacial score (nSPS) is 20.1. The van der Waals surface area contributed by atoms with Gasteiger partial charge in [0.15, 0.2) is 0 Å². The van der Waals surface area contributed by atoms with E-state index in [1.54, 1.807) is 98.5 Å². The lowest BCUT2D eigenvalue weighted by Gasteiger charge is -2.56. The standard InChI is InChI=1S/2C31H33N7O3.C22H24N6O2.C9H10ClNO/c2*1-31(2,39)19-40-26-10-27(30-22(11-32)14-35-38(30)18-26)21-4-7-28(33-13-21)36-16-23-9-24(17-36)37(23)15-20-3-8-29(34-12-20)41-25-5-6-25;1-22(2,29)13-30-18-6-19(21-15(7-23)9-25-28(21)12-18)14-3-4-20(24-8-14)27-10-16-5-17(11-27)26-16;10-5-7-1-4-9(11-6-7)12-8-2-3-8/h2*3-4,7-8,10,12-14,18,23-25,39H,5-6,9,15-17,19H2,1-2H3;3-4,6,8-9,12,16-17,26,29H,5,10-11,13H2,1-2H3;1,4,6,8H,2-3,5H2. The van der Waals surface area contributed by atoms with Crippen molar-refractivity contribution < 1.29 is 43.7 Å². The molecule has 30 nitrogen and oxygen atoms in total. The van der Waals surface area contributed by atoms with Gasteiger partial charge in [-0.2, -0.15) is 31.1 Å². The van der Waals surface area contributed by atoms with Crippen LogP contribution in [0.2, 0.25) is 0 Å². The molecule has 6 bridgehead atoms. The quantitative estimate of drug-likeness (QED) is 0.0366. The van der Waals surface area contributed by atoms with Gasteiger partial charge in [0.1, 0.15) is 91.0 Å². The Morgan fingerprint density at radius 1 is 0.403 bits per heavy atom. The van der Waals surface area contributed by atoms with Crippen LogP contribution in [0, 0.1) is 34.0 Å². The molecule has 124 heavy (non-hydrogen) atoms. The van der Waals surface area contributed by atoms with Gasteiger partial charge in [-0.25, -0.2) is 43.5 Å². The van der Waals surface area contributed by atoms with Gasteiger partial charge < -0.3 is 63.8 Å². The van der Waals surface area contributed by atoms with Crippen molar-refractivity contribution in [2.75, 3.05) is 73.8 Å². The van der Waals surface area contributed by atoms with Crippen molar-refractivity contribution in [3.63, 3.8) is 0 Å². The van der Waals surface area contributed by atoms with Crippen molar-refractivity contribution >= 4 is 45.6 Å². The van der Waals surface area contributed by atoms with Crippen LogP contribution in [0.15, 0.2) is 165 Å². The van der Waals surface area contributed by atoms with Crippen LogP contribution in [-0.4, -0.2) is 214 Å². The predicted molar refractivity (Wildman–Crippen MR) is 465 cm³/mol. The molecule has 21 heterocycles. The minimum atomic E-state index is -0.975. The molecule has 0 radical (unpaired) electrons. The van der Waals surface area contributed by atoms with E-state index in [9.17, 15) is 31.1 Å². The number of aliphatic hydroxyl groups is 3. The minimum absolute atomic E-state index is 0.131. The third kappa shape index (κ3) is 19.5. The highest BCUT2D eigenvalue weighted by Gasteiger charge is 2.47. The molecule has 9 saturated heterocycles.